The van der Waals surface area contributed by atoms with Crippen LogP contribution in [0, 0.1) is 0 Å². The topological polar surface area (TPSA) is 50.4 Å². The third-order valence-electron chi connectivity index (χ3n) is 1.97. The molecule has 0 atom stereocenters. The van der Waals surface area contributed by atoms with Crippen LogP contribution in [0.1, 0.15) is 19.6 Å². The lowest BCUT2D eigenvalue weighted by Gasteiger charge is -2.14. The highest BCUT2D eigenvalue weighted by Crippen LogP contribution is 2.24. The highest BCUT2D eigenvalue weighted by Gasteiger charge is 2.20. The molecule has 0 aromatic carbocycles. The largest absolute Gasteiger partial charge is 0.424 e. The Bertz CT molecular complexity index is 516. The van der Waals surface area contributed by atoms with Gasteiger partial charge in [-0.3, -0.25) is 0 Å². The Morgan fingerprint density at radius 2 is 2.21 bits per heavy atom. The average Bonchev–Trinajstić information content (AvgIpc) is 2.50. The van der Waals surface area contributed by atoms with Gasteiger partial charge in [-0.05, 0) is 31.4 Å². The summed E-state index contributed by atoms with van der Waals surface area (Å²) in [6.45, 7) is 3.17. The van der Waals surface area contributed by atoms with Crippen LogP contribution in [0.3, 0.4) is 0 Å². The minimum Gasteiger partial charge on any atom is -0.424 e. The van der Waals surface area contributed by atoms with E-state index in [4.69, 9.17) is 4.42 Å². The summed E-state index contributed by atoms with van der Waals surface area (Å²) in [6, 6.07) is 3.54. The summed E-state index contributed by atoms with van der Waals surface area (Å²) in [5.74, 6) is 0.299. The van der Waals surface area contributed by atoms with Crippen LogP contribution in [0.4, 0.5) is 0 Å². The summed E-state index contributed by atoms with van der Waals surface area (Å²) >= 11 is 1.35. The number of rotatable bonds is 1. The van der Waals surface area contributed by atoms with Crippen molar-refractivity contribution in [2.45, 2.75) is 19.4 Å². The Hall–Kier alpha value is -1.13. The molecular weight excluding hydrogens is 200 g/mol. The molecule has 0 radical (unpaired) electrons. The zero-order chi connectivity index (χ0) is 10.3. The molecule has 0 aliphatic rings. The molecule has 2 aromatic rings. The molecule has 0 aliphatic carbocycles. The molecule has 2 heterocycles. The van der Waals surface area contributed by atoms with Gasteiger partial charge in [-0.1, -0.05) is 0 Å². The first-order valence-electron chi connectivity index (χ1n) is 4.23. The van der Waals surface area contributed by atoms with Crippen molar-refractivity contribution in [1.82, 2.24) is 0 Å². The molecule has 0 saturated carbocycles. The lowest BCUT2D eigenvalue weighted by molar-refractivity contribution is 0.0512. The van der Waals surface area contributed by atoms with Gasteiger partial charge in [-0.2, -0.15) is 0 Å². The van der Waals surface area contributed by atoms with Gasteiger partial charge in [-0.25, -0.2) is 4.79 Å². The first-order chi connectivity index (χ1) is 6.48. The van der Waals surface area contributed by atoms with E-state index in [9.17, 15) is 9.90 Å². The number of thiophene rings is 1. The van der Waals surface area contributed by atoms with Gasteiger partial charge in [-0.15, -0.1) is 11.3 Å². The standard InChI is InChI=1S/C10H10O3S/c1-10(2,12)7-5-6-3-4-14-8(6)9(11)13-7/h3-5,12H,1-2H3. The first kappa shape index (κ1) is 9.43. The van der Waals surface area contributed by atoms with Crippen molar-refractivity contribution >= 4 is 21.4 Å². The van der Waals surface area contributed by atoms with E-state index in [0.717, 1.165) is 5.39 Å². The number of aliphatic hydroxyl groups is 1. The summed E-state index contributed by atoms with van der Waals surface area (Å²) in [6.07, 6.45) is 0. The molecule has 0 fully saturated rings. The fraction of sp³-hybridized carbons (Fsp3) is 0.300. The van der Waals surface area contributed by atoms with Crippen molar-refractivity contribution in [1.29, 1.82) is 0 Å². The van der Waals surface area contributed by atoms with Gasteiger partial charge in [0.25, 0.3) is 0 Å². The Labute approximate surface area is 84.6 Å². The van der Waals surface area contributed by atoms with Crippen molar-refractivity contribution in [2.24, 2.45) is 0 Å². The van der Waals surface area contributed by atoms with Gasteiger partial charge in [0.15, 0.2) is 0 Å². The van der Waals surface area contributed by atoms with E-state index in [0.29, 0.717) is 10.5 Å². The molecule has 1 N–H and O–H groups in total. The second-order valence-corrected chi connectivity index (χ2v) is 4.58. The lowest BCUT2D eigenvalue weighted by atomic mass is 10.1. The van der Waals surface area contributed by atoms with Gasteiger partial charge in [0.2, 0.25) is 0 Å². The Kier molecular flexibility index (Phi) is 1.97. The minimum absolute atomic E-state index is 0.299. The van der Waals surface area contributed by atoms with E-state index < -0.39 is 5.60 Å². The molecule has 0 bridgehead atoms. The molecule has 0 unspecified atom stereocenters. The van der Waals surface area contributed by atoms with E-state index in [1.807, 2.05) is 11.4 Å². The van der Waals surface area contributed by atoms with Gasteiger partial charge >= 0.3 is 5.63 Å². The summed E-state index contributed by atoms with van der Waals surface area (Å²) in [7, 11) is 0. The average molecular weight is 210 g/mol. The van der Waals surface area contributed by atoms with Crippen molar-refractivity contribution < 1.29 is 9.52 Å². The van der Waals surface area contributed by atoms with Crippen LogP contribution >= 0.6 is 11.3 Å². The smallest absolute Gasteiger partial charge is 0.354 e. The summed E-state index contributed by atoms with van der Waals surface area (Å²) in [4.78, 5) is 11.4. The van der Waals surface area contributed by atoms with Gasteiger partial charge in [0.1, 0.15) is 16.1 Å². The van der Waals surface area contributed by atoms with Crippen LogP contribution in [0.15, 0.2) is 26.7 Å². The molecule has 0 saturated heterocycles. The van der Waals surface area contributed by atoms with Crippen LogP contribution in [0.25, 0.3) is 10.1 Å². The molecule has 4 heteroatoms. The van der Waals surface area contributed by atoms with Crippen molar-refractivity contribution in [2.75, 3.05) is 0 Å². The SMILES string of the molecule is CC(C)(O)c1cc2ccsc2c(=O)o1. The molecule has 0 spiro atoms. The van der Waals surface area contributed by atoms with Crippen LogP contribution in [0.5, 0.6) is 0 Å². The van der Waals surface area contributed by atoms with E-state index >= 15 is 0 Å². The number of hydrogen-bond donors (Lipinski definition) is 1. The van der Waals surface area contributed by atoms with E-state index in [-0.39, 0.29) is 5.63 Å². The van der Waals surface area contributed by atoms with Crippen molar-refractivity contribution in [3.63, 3.8) is 0 Å². The molecule has 0 aliphatic heterocycles. The van der Waals surface area contributed by atoms with E-state index in [2.05, 4.69) is 0 Å². The summed E-state index contributed by atoms with van der Waals surface area (Å²) in [5, 5.41) is 12.3. The van der Waals surface area contributed by atoms with Gasteiger partial charge < -0.3 is 9.52 Å². The third-order valence-corrected chi connectivity index (χ3v) is 2.88. The monoisotopic (exact) mass is 210 g/mol. The van der Waals surface area contributed by atoms with Gasteiger partial charge in [0.05, 0.1) is 0 Å². The fourth-order valence-corrected chi connectivity index (χ4v) is 1.97. The molecule has 2 rings (SSSR count). The van der Waals surface area contributed by atoms with Gasteiger partial charge in [0, 0.05) is 5.39 Å². The maximum atomic E-state index is 11.4. The number of fused-ring (bicyclic) bond motifs is 1. The number of hydrogen-bond acceptors (Lipinski definition) is 4. The van der Waals surface area contributed by atoms with Crippen LogP contribution in [0.2, 0.25) is 0 Å². The summed E-state index contributed by atoms with van der Waals surface area (Å²) < 4.78 is 5.61. The Balaban J connectivity index is 2.77. The van der Waals surface area contributed by atoms with E-state index in [1.54, 1.807) is 19.9 Å². The third kappa shape index (κ3) is 1.47. The zero-order valence-electron chi connectivity index (χ0n) is 7.90. The predicted octanol–water partition coefficient (Wildman–Crippen LogP) is 2.08. The molecule has 74 valence electrons. The highest BCUT2D eigenvalue weighted by molar-refractivity contribution is 7.17. The van der Waals surface area contributed by atoms with Crippen molar-refractivity contribution in [3.8, 4) is 0 Å². The first-order valence-corrected chi connectivity index (χ1v) is 5.10. The quantitative estimate of drug-likeness (QED) is 0.784. The Morgan fingerprint density at radius 1 is 1.50 bits per heavy atom. The van der Waals surface area contributed by atoms with Crippen molar-refractivity contribution in [3.05, 3.63) is 33.7 Å². The second kappa shape index (κ2) is 2.93. The molecule has 2 aromatic heterocycles. The molecule has 0 amide bonds. The summed E-state index contributed by atoms with van der Waals surface area (Å²) in [5.41, 5.74) is -1.50. The highest BCUT2D eigenvalue weighted by atomic mass is 32.1. The van der Waals surface area contributed by atoms with Crippen LogP contribution in [-0.4, -0.2) is 5.11 Å². The lowest BCUT2D eigenvalue weighted by Crippen LogP contribution is -2.17. The van der Waals surface area contributed by atoms with E-state index in [1.165, 1.54) is 11.3 Å². The molecule has 3 nitrogen and oxygen atoms in total. The molecular formula is C10H10O3S. The molecule has 14 heavy (non-hydrogen) atoms. The predicted molar refractivity (Wildman–Crippen MR) is 55.6 cm³/mol. The fourth-order valence-electron chi connectivity index (χ4n) is 1.22. The second-order valence-electron chi connectivity index (χ2n) is 3.66. The van der Waals surface area contributed by atoms with Crippen LogP contribution in [-0.2, 0) is 5.60 Å². The van der Waals surface area contributed by atoms with Crippen LogP contribution < -0.4 is 5.63 Å². The maximum Gasteiger partial charge on any atom is 0.354 e. The minimum atomic E-state index is -1.12. The maximum absolute atomic E-state index is 11.4. The normalized spacial score (nSPS) is 12.2. The zero-order valence-corrected chi connectivity index (χ0v) is 8.72. The Morgan fingerprint density at radius 3 is 2.86 bits per heavy atom.